The Labute approximate surface area is 118 Å². The lowest BCUT2D eigenvalue weighted by molar-refractivity contribution is -0.114. The first-order chi connectivity index (χ1) is 8.63. The molecule has 2 aromatic rings. The van der Waals surface area contributed by atoms with Crippen molar-refractivity contribution in [1.29, 1.82) is 0 Å². The summed E-state index contributed by atoms with van der Waals surface area (Å²) in [6.07, 6.45) is 0. The predicted molar refractivity (Wildman–Crippen MR) is 75.2 cm³/mol. The average molecular weight is 300 g/mol. The van der Waals surface area contributed by atoms with Crippen LogP contribution in [0.15, 0.2) is 28.6 Å². The Morgan fingerprint density at radius 1 is 1.39 bits per heavy atom. The molecule has 7 heteroatoms. The van der Waals surface area contributed by atoms with Crippen molar-refractivity contribution >= 4 is 45.7 Å². The molecule has 0 unspecified atom stereocenters. The van der Waals surface area contributed by atoms with E-state index < -0.39 is 0 Å². The number of amides is 1. The summed E-state index contributed by atoms with van der Waals surface area (Å²) in [5, 5.41) is 11.7. The monoisotopic (exact) mass is 299 g/mol. The van der Waals surface area contributed by atoms with Gasteiger partial charge in [0, 0.05) is 17.7 Å². The number of thioether (sulfide) groups is 1. The molecule has 0 aliphatic heterocycles. The number of rotatable bonds is 4. The number of anilines is 1. The van der Waals surface area contributed by atoms with E-state index in [4.69, 9.17) is 11.6 Å². The number of carbonyl (C=O) groups is 1. The molecule has 0 radical (unpaired) electrons. The molecule has 0 atom stereocenters. The zero-order valence-corrected chi connectivity index (χ0v) is 11.9. The standard InChI is InChI=1S/C11H10ClN3OS2/c1-7(16)13-10-14-15-11(18-10)17-6-8-2-4-9(12)5-3-8/h2-5H,6H2,1H3,(H,13,14,16). The van der Waals surface area contributed by atoms with E-state index in [0.717, 1.165) is 15.1 Å². The summed E-state index contributed by atoms with van der Waals surface area (Å²) >= 11 is 8.76. The van der Waals surface area contributed by atoms with Gasteiger partial charge in [-0.2, -0.15) is 0 Å². The van der Waals surface area contributed by atoms with E-state index in [-0.39, 0.29) is 5.91 Å². The van der Waals surface area contributed by atoms with Crippen LogP contribution in [0.5, 0.6) is 0 Å². The van der Waals surface area contributed by atoms with Gasteiger partial charge in [-0.3, -0.25) is 4.79 Å². The third-order valence-electron chi connectivity index (χ3n) is 1.96. The van der Waals surface area contributed by atoms with Crippen LogP contribution in [0.3, 0.4) is 0 Å². The van der Waals surface area contributed by atoms with Gasteiger partial charge in [-0.05, 0) is 17.7 Å². The molecule has 1 aromatic carbocycles. The molecule has 0 spiro atoms. The second kappa shape index (κ2) is 6.17. The maximum atomic E-state index is 10.8. The zero-order valence-electron chi connectivity index (χ0n) is 9.51. The molecule has 18 heavy (non-hydrogen) atoms. The van der Waals surface area contributed by atoms with Gasteiger partial charge in [0.15, 0.2) is 4.34 Å². The Bertz CT molecular complexity index is 541. The topological polar surface area (TPSA) is 54.9 Å². The second-order valence-corrected chi connectivity index (χ2v) is 6.11. The first kappa shape index (κ1) is 13.3. The summed E-state index contributed by atoms with van der Waals surface area (Å²) in [5.74, 6) is 0.659. The van der Waals surface area contributed by atoms with Crippen LogP contribution in [0.1, 0.15) is 12.5 Å². The van der Waals surface area contributed by atoms with Crippen LogP contribution >= 0.6 is 34.7 Å². The number of aromatic nitrogens is 2. The Morgan fingerprint density at radius 3 is 2.78 bits per heavy atom. The molecule has 0 saturated carbocycles. The van der Waals surface area contributed by atoms with Gasteiger partial charge in [-0.1, -0.05) is 46.8 Å². The first-order valence-electron chi connectivity index (χ1n) is 5.12. The first-order valence-corrected chi connectivity index (χ1v) is 7.30. The van der Waals surface area contributed by atoms with Gasteiger partial charge in [0.05, 0.1) is 0 Å². The third-order valence-corrected chi connectivity index (χ3v) is 4.26. The Morgan fingerprint density at radius 2 is 2.11 bits per heavy atom. The lowest BCUT2D eigenvalue weighted by Gasteiger charge is -1.98. The molecule has 1 heterocycles. The number of carbonyl (C=O) groups excluding carboxylic acids is 1. The maximum absolute atomic E-state index is 10.8. The van der Waals surface area contributed by atoms with E-state index in [9.17, 15) is 4.79 Å². The van der Waals surface area contributed by atoms with Crippen LogP contribution in [0.4, 0.5) is 5.13 Å². The molecular formula is C11H10ClN3OS2. The molecule has 0 bridgehead atoms. The second-order valence-electron chi connectivity index (χ2n) is 3.47. The van der Waals surface area contributed by atoms with Crippen molar-refractivity contribution in [2.45, 2.75) is 17.0 Å². The van der Waals surface area contributed by atoms with Crippen molar-refractivity contribution in [3.05, 3.63) is 34.9 Å². The van der Waals surface area contributed by atoms with Crippen LogP contribution in [0.25, 0.3) is 0 Å². The number of hydrogen-bond donors (Lipinski definition) is 1. The summed E-state index contributed by atoms with van der Waals surface area (Å²) in [6.45, 7) is 1.45. The smallest absolute Gasteiger partial charge is 0.223 e. The minimum atomic E-state index is -0.139. The van der Waals surface area contributed by atoms with Gasteiger partial charge in [0.2, 0.25) is 11.0 Å². The van der Waals surface area contributed by atoms with Gasteiger partial charge in [-0.15, -0.1) is 10.2 Å². The molecule has 0 fully saturated rings. The molecule has 2 rings (SSSR count). The van der Waals surface area contributed by atoms with Crippen LogP contribution in [0, 0.1) is 0 Å². The fraction of sp³-hybridized carbons (Fsp3) is 0.182. The SMILES string of the molecule is CC(=O)Nc1nnc(SCc2ccc(Cl)cc2)s1. The van der Waals surface area contributed by atoms with E-state index in [1.807, 2.05) is 24.3 Å². The Hall–Kier alpha value is -1.11. The minimum Gasteiger partial charge on any atom is -0.301 e. The van der Waals surface area contributed by atoms with Gasteiger partial charge in [-0.25, -0.2) is 0 Å². The van der Waals surface area contributed by atoms with Gasteiger partial charge >= 0.3 is 0 Å². The number of nitrogens with one attached hydrogen (secondary N) is 1. The van der Waals surface area contributed by atoms with Gasteiger partial charge in [0.25, 0.3) is 0 Å². The number of nitrogens with zero attached hydrogens (tertiary/aromatic N) is 2. The molecule has 4 nitrogen and oxygen atoms in total. The van der Waals surface area contributed by atoms with Crippen LogP contribution < -0.4 is 5.32 Å². The summed E-state index contributed by atoms with van der Waals surface area (Å²) < 4.78 is 0.828. The van der Waals surface area contributed by atoms with Crippen LogP contribution in [-0.2, 0) is 10.5 Å². The highest BCUT2D eigenvalue weighted by atomic mass is 35.5. The van der Waals surface area contributed by atoms with E-state index in [1.54, 1.807) is 11.8 Å². The summed E-state index contributed by atoms with van der Waals surface area (Å²) in [4.78, 5) is 10.8. The van der Waals surface area contributed by atoms with Crippen molar-refractivity contribution in [3.63, 3.8) is 0 Å². The number of halogens is 1. The molecule has 1 N–H and O–H groups in total. The molecule has 94 valence electrons. The normalized spacial score (nSPS) is 10.3. The van der Waals surface area contributed by atoms with Crippen molar-refractivity contribution in [2.75, 3.05) is 5.32 Å². The van der Waals surface area contributed by atoms with Crippen molar-refractivity contribution < 1.29 is 4.79 Å². The van der Waals surface area contributed by atoms with E-state index >= 15 is 0 Å². The van der Waals surface area contributed by atoms with Gasteiger partial charge in [0.1, 0.15) is 0 Å². The van der Waals surface area contributed by atoms with Crippen molar-refractivity contribution in [2.24, 2.45) is 0 Å². The average Bonchev–Trinajstić information content (AvgIpc) is 2.75. The zero-order chi connectivity index (χ0) is 13.0. The highest BCUT2D eigenvalue weighted by Gasteiger charge is 2.06. The molecule has 0 aliphatic carbocycles. The van der Waals surface area contributed by atoms with E-state index in [2.05, 4.69) is 15.5 Å². The summed E-state index contributed by atoms with van der Waals surface area (Å²) in [7, 11) is 0. The fourth-order valence-electron chi connectivity index (χ4n) is 1.19. The lowest BCUT2D eigenvalue weighted by Crippen LogP contribution is -2.04. The Balaban J connectivity index is 1.92. The highest BCUT2D eigenvalue weighted by Crippen LogP contribution is 2.28. The van der Waals surface area contributed by atoms with E-state index in [0.29, 0.717) is 5.13 Å². The molecular weight excluding hydrogens is 290 g/mol. The maximum Gasteiger partial charge on any atom is 0.223 e. The predicted octanol–water partition coefficient (Wildman–Crippen LogP) is 3.44. The van der Waals surface area contributed by atoms with Crippen molar-refractivity contribution in [1.82, 2.24) is 10.2 Å². The largest absolute Gasteiger partial charge is 0.301 e. The fourth-order valence-corrected chi connectivity index (χ4v) is 3.07. The number of benzene rings is 1. The van der Waals surface area contributed by atoms with Gasteiger partial charge < -0.3 is 5.32 Å². The summed E-state index contributed by atoms with van der Waals surface area (Å²) in [6, 6.07) is 7.68. The van der Waals surface area contributed by atoms with Crippen molar-refractivity contribution in [3.8, 4) is 0 Å². The quantitative estimate of drug-likeness (QED) is 0.694. The van der Waals surface area contributed by atoms with Crippen LogP contribution in [-0.4, -0.2) is 16.1 Å². The number of hydrogen-bond acceptors (Lipinski definition) is 5. The Kier molecular flexibility index (Phi) is 4.57. The lowest BCUT2D eigenvalue weighted by atomic mass is 10.2. The van der Waals surface area contributed by atoms with E-state index in [1.165, 1.54) is 23.8 Å². The molecule has 1 aromatic heterocycles. The third kappa shape index (κ3) is 3.97. The molecule has 0 aliphatic rings. The van der Waals surface area contributed by atoms with Crippen LogP contribution in [0.2, 0.25) is 5.02 Å². The molecule has 1 amide bonds. The highest BCUT2D eigenvalue weighted by molar-refractivity contribution is 8.00. The summed E-state index contributed by atoms with van der Waals surface area (Å²) in [5.41, 5.74) is 1.17. The molecule has 0 saturated heterocycles. The minimum absolute atomic E-state index is 0.139.